The zero-order chi connectivity index (χ0) is 12.2. The summed E-state index contributed by atoms with van der Waals surface area (Å²) in [6.07, 6.45) is -4.39. The first kappa shape index (κ1) is 12.5. The predicted molar refractivity (Wildman–Crippen MR) is 58.6 cm³/mol. The molecule has 1 atom stereocenters. The molecule has 0 aliphatic heterocycles. The Balaban J connectivity index is 3.02. The van der Waals surface area contributed by atoms with Gasteiger partial charge in [-0.25, -0.2) is 0 Å². The molecule has 0 radical (unpaired) electrons. The fraction of sp³-hybridized carbons (Fsp3) is 0.364. The van der Waals surface area contributed by atoms with E-state index in [9.17, 15) is 13.2 Å². The molecule has 88 valence electrons. The number of hydrogen-bond donors (Lipinski definition) is 0. The van der Waals surface area contributed by atoms with Gasteiger partial charge in [-0.1, -0.05) is 25.1 Å². The van der Waals surface area contributed by atoms with Crippen molar-refractivity contribution in [3.05, 3.63) is 30.3 Å². The second-order valence-electron chi connectivity index (χ2n) is 3.29. The molecule has 0 fully saturated rings. The standard InChI is InChI=1S/C11H13F3N2/c1-3-10(11(12,13)14)16(15-2)9-7-5-4-6-8-9/h4-8,10H,2-3H2,1H3. The summed E-state index contributed by atoms with van der Waals surface area (Å²) in [4.78, 5) is 0. The number of nitrogens with zero attached hydrogens (tertiary/aromatic N) is 2. The van der Waals surface area contributed by atoms with Crippen LogP contribution in [0.3, 0.4) is 0 Å². The first-order valence-electron chi connectivity index (χ1n) is 4.88. The Hall–Kier alpha value is -1.52. The number of alkyl halides is 3. The summed E-state index contributed by atoms with van der Waals surface area (Å²) in [6.45, 7) is 4.67. The van der Waals surface area contributed by atoms with Crippen molar-refractivity contribution < 1.29 is 13.2 Å². The second-order valence-corrected chi connectivity index (χ2v) is 3.29. The molecule has 1 aromatic rings. The monoisotopic (exact) mass is 230 g/mol. The lowest BCUT2D eigenvalue weighted by Crippen LogP contribution is -2.42. The van der Waals surface area contributed by atoms with Crippen LogP contribution in [0.15, 0.2) is 35.4 Å². The Morgan fingerprint density at radius 3 is 2.25 bits per heavy atom. The van der Waals surface area contributed by atoms with Gasteiger partial charge in [-0.15, -0.1) is 0 Å². The van der Waals surface area contributed by atoms with Crippen molar-refractivity contribution in [3.63, 3.8) is 0 Å². The quantitative estimate of drug-likeness (QED) is 0.571. The summed E-state index contributed by atoms with van der Waals surface area (Å²) in [5, 5.41) is 4.36. The molecule has 0 spiro atoms. The molecule has 1 unspecified atom stereocenters. The fourth-order valence-electron chi connectivity index (χ4n) is 1.48. The Bertz CT molecular complexity index is 335. The number of benzene rings is 1. The molecule has 1 aromatic carbocycles. The van der Waals surface area contributed by atoms with Crippen LogP contribution < -0.4 is 5.01 Å². The molecule has 16 heavy (non-hydrogen) atoms. The van der Waals surface area contributed by atoms with Crippen molar-refractivity contribution in [3.8, 4) is 0 Å². The minimum atomic E-state index is -4.31. The van der Waals surface area contributed by atoms with E-state index in [0.717, 1.165) is 5.01 Å². The summed E-state index contributed by atoms with van der Waals surface area (Å²) in [6, 6.07) is 6.57. The maximum absolute atomic E-state index is 12.7. The molecule has 0 heterocycles. The van der Waals surface area contributed by atoms with Gasteiger partial charge in [0.25, 0.3) is 0 Å². The average Bonchev–Trinajstić information content (AvgIpc) is 2.25. The van der Waals surface area contributed by atoms with Gasteiger partial charge in [-0.05, 0) is 18.6 Å². The van der Waals surface area contributed by atoms with E-state index in [1.54, 1.807) is 30.3 Å². The number of hydrogen-bond acceptors (Lipinski definition) is 2. The Labute approximate surface area is 92.4 Å². The third kappa shape index (κ3) is 2.74. The van der Waals surface area contributed by atoms with Gasteiger partial charge in [0.2, 0.25) is 0 Å². The third-order valence-corrected chi connectivity index (χ3v) is 2.23. The number of halogens is 3. The molecule has 0 amide bonds. The van der Waals surface area contributed by atoms with Gasteiger partial charge >= 0.3 is 6.18 Å². The van der Waals surface area contributed by atoms with E-state index in [1.165, 1.54) is 6.92 Å². The van der Waals surface area contributed by atoms with E-state index >= 15 is 0 Å². The maximum Gasteiger partial charge on any atom is 0.410 e. The van der Waals surface area contributed by atoms with E-state index in [1.807, 2.05) is 0 Å². The molecule has 1 rings (SSSR count). The van der Waals surface area contributed by atoms with Crippen LogP contribution >= 0.6 is 0 Å². The molecule has 5 heteroatoms. The van der Waals surface area contributed by atoms with Gasteiger partial charge in [-0.3, -0.25) is 5.01 Å². The zero-order valence-electron chi connectivity index (χ0n) is 8.91. The van der Waals surface area contributed by atoms with Crippen LogP contribution in [0.25, 0.3) is 0 Å². The highest BCUT2D eigenvalue weighted by Gasteiger charge is 2.42. The molecule has 0 saturated carbocycles. The van der Waals surface area contributed by atoms with Crippen molar-refractivity contribution in [2.45, 2.75) is 25.6 Å². The molecule has 0 aliphatic rings. The molecule has 0 saturated heterocycles. The lowest BCUT2D eigenvalue weighted by Gasteiger charge is -2.29. The van der Waals surface area contributed by atoms with Crippen molar-refractivity contribution in [2.24, 2.45) is 5.10 Å². The minimum Gasteiger partial charge on any atom is -0.254 e. The molecule has 2 nitrogen and oxygen atoms in total. The highest BCUT2D eigenvalue weighted by atomic mass is 19.4. The van der Waals surface area contributed by atoms with E-state index in [-0.39, 0.29) is 6.42 Å². The fourth-order valence-corrected chi connectivity index (χ4v) is 1.48. The number of anilines is 1. The normalized spacial score (nSPS) is 13.2. The van der Waals surface area contributed by atoms with Crippen LogP contribution in [0.2, 0.25) is 0 Å². The van der Waals surface area contributed by atoms with Crippen LogP contribution in [0.4, 0.5) is 18.9 Å². The van der Waals surface area contributed by atoms with E-state index in [0.29, 0.717) is 5.69 Å². The zero-order valence-corrected chi connectivity index (χ0v) is 8.91. The largest absolute Gasteiger partial charge is 0.410 e. The highest BCUT2D eigenvalue weighted by Crippen LogP contribution is 2.30. The van der Waals surface area contributed by atoms with E-state index < -0.39 is 12.2 Å². The maximum atomic E-state index is 12.7. The van der Waals surface area contributed by atoms with Crippen molar-refractivity contribution in [2.75, 3.05) is 5.01 Å². The molecule has 0 aliphatic carbocycles. The van der Waals surface area contributed by atoms with Gasteiger partial charge in [0.15, 0.2) is 0 Å². The molecule has 0 bridgehead atoms. The lowest BCUT2D eigenvalue weighted by molar-refractivity contribution is -0.149. The highest BCUT2D eigenvalue weighted by molar-refractivity contribution is 5.48. The topological polar surface area (TPSA) is 15.6 Å². The van der Waals surface area contributed by atoms with Crippen LogP contribution in [0.1, 0.15) is 13.3 Å². The molecule has 0 N–H and O–H groups in total. The van der Waals surface area contributed by atoms with Gasteiger partial charge in [0.05, 0.1) is 5.69 Å². The summed E-state index contributed by atoms with van der Waals surface area (Å²) in [7, 11) is 0. The second kappa shape index (κ2) is 5.01. The molecular formula is C11H13F3N2. The van der Waals surface area contributed by atoms with Crippen LogP contribution in [0.5, 0.6) is 0 Å². The molecular weight excluding hydrogens is 217 g/mol. The van der Waals surface area contributed by atoms with Gasteiger partial charge in [0.1, 0.15) is 6.04 Å². The summed E-state index contributed by atoms with van der Waals surface area (Å²) < 4.78 is 38.1. The first-order chi connectivity index (χ1) is 7.50. The van der Waals surface area contributed by atoms with Crippen LogP contribution in [0, 0.1) is 0 Å². The minimum absolute atomic E-state index is 0.0720. The van der Waals surface area contributed by atoms with Crippen LogP contribution in [-0.2, 0) is 0 Å². The van der Waals surface area contributed by atoms with Crippen molar-refractivity contribution in [1.29, 1.82) is 0 Å². The Morgan fingerprint density at radius 1 is 1.31 bits per heavy atom. The predicted octanol–water partition coefficient (Wildman–Crippen LogP) is 3.45. The van der Waals surface area contributed by atoms with E-state index in [2.05, 4.69) is 11.8 Å². The van der Waals surface area contributed by atoms with Crippen LogP contribution in [-0.4, -0.2) is 18.9 Å². The van der Waals surface area contributed by atoms with E-state index in [4.69, 9.17) is 0 Å². The SMILES string of the molecule is C=NN(c1ccccc1)C(CC)C(F)(F)F. The summed E-state index contributed by atoms with van der Waals surface area (Å²) in [5.74, 6) is 0. The summed E-state index contributed by atoms with van der Waals surface area (Å²) >= 11 is 0. The number of para-hydroxylation sites is 1. The summed E-state index contributed by atoms with van der Waals surface area (Å²) in [5.41, 5.74) is 0.390. The molecule has 0 aromatic heterocycles. The number of rotatable bonds is 4. The Morgan fingerprint density at radius 2 is 1.88 bits per heavy atom. The first-order valence-corrected chi connectivity index (χ1v) is 4.88. The van der Waals surface area contributed by atoms with Crippen molar-refractivity contribution >= 4 is 12.4 Å². The van der Waals surface area contributed by atoms with Gasteiger partial charge < -0.3 is 0 Å². The third-order valence-electron chi connectivity index (χ3n) is 2.23. The average molecular weight is 230 g/mol. The van der Waals surface area contributed by atoms with Gasteiger partial charge in [0, 0.05) is 6.72 Å². The smallest absolute Gasteiger partial charge is 0.254 e. The number of hydrazone groups is 1. The van der Waals surface area contributed by atoms with Gasteiger partial charge in [-0.2, -0.15) is 18.3 Å². The Kier molecular flexibility index (Phi) is 3.93. The lowest BCUT2D eigenvalue weighted by atomic mass is 10.2. The van der Waals surface area contributed by atoms with Crippen molar-refractivity contribution in [1.82, 2.24) is 0 Å².